The molecule has 2 aromatic rings. The Kier molecular flexibility index (Phi) is 4.86. The number of ether oxygens (including phenoxy) is 1. The maximum atomic E-state index is 13.3. The van der Waals surface area contributed by atoms with Crippen LogP contribution in [0.4, 0.5) is 4.39 Å². The average Bonchev–Trinajstić information content (AvgIpc) is 2.86. The van der Waals surface area contributed by atoms with Gasteiger partial charge in [0.1, 0.15) is 24.4 Å². The zero-order valence-corrected chi connectivity index (χ0v) is 11.6. The van der Waals surface area contributed by atoms with Crippen molar-refractivity contribution < 1.29 is 19.0 Å². The van der Waals surface area contributed by atoms with Crippen LogP contribution in [0.5, 0.6) is 5.75 Å². The Bertz CT molecular complexity index is 628. The third-order valence-electron chi connectivity index (χ3n) is 2.77. The summed E-state index contributed by atoms with van der Waals surface area (Å²) in [4.78, 5) is 14.7. The van der Waals surface area contributed by atoms with E-state index in [0.29, 0.717) is 23.7 Å². The van der Waals surface area contributed by atoms with Gasteiger partial charge in [0.15, 0.2) is 5.82 Å². The van der Waals surface area contributed by atoms with E-state index < -0.39 is 11.8 Å². The Morgan fingerprint density at radius 2 is 2.29 bits per heavy atom. The van der Waals surface area contributed by atoms with Crippen LogP contribution in [0.3, 0.4) is 0 Å². The van der Waals surface area contributed by atoms with Gasteiger partial charge in [-0.2, -0.15) is 5.10 Å². The molecule has 0 aliphatic carbocycles. The van der Waals surface area contributed by atoms with Crippen LogP contribution < -0.4 is 4.74 Å². The topological polar surface area (TPSA) is 77.2 Å². The van der Waals surface area contributed by atoms with Crippen LogP contribution in [0, 0.1) is 5.82 Å². The van der Waals surface area contributed by atoms with Gasteiger partial charge in [0.2, 0.25) is 0 Å². The highest BCUT2D eigenvalue weighted by atomic mass is 19.1. The predicted molar refractivity (Wildman–Crippen MR) is 73.5 cm³/mol. The Hall–Kier alpha value is -2.44. The molecule has 0 fully saturated rings. The van der Waals surface area contributed by atoms with E-state index in [9.17, 15) is 9.18 Å². The van der Waals surface area contributed by atoms with E-state index in [2.05, 4.69) is 10.1 Å². The number of unbranched alkanes of at least 4 members (excludes halogenated alkanes) is 1. The number of hydrogen-bond acceptors (Lipinski definition) is 4. The smallest absolute Gasteiger partial charge is 0.325 e. The summed E-state index contributed by atoms with van der Waals surface area (Å²) >= 11 is 0. The molecule has 0 aliphatic heterocycles. The molecule has 0 unspecified atom stereocenters. The second-order valence-electron chi connectivity index (χ2n) is 4.50. The third kappa shape index (κ3) is 4.01. The summed E-state index contributed by atoms with van der Waals surface area (Å²) < 4.78 is 20.1. The van der Waals surface area contributed by atoms with E-state index >= 15 is 0 Å². The molecule has 0 saturated carbocycles. The van der Waals surface area contributed by atoms with Crippen LogP contribution in [0.25, 0.3) is 11.4 Å². The van der Waals surface area contributed by atoms with Crippen molar-refractivity contribution in [3.05, 3.63) is 30.3 Å². The van der Waals surface area contributed by atoms with Gasteiger partial charge in [-0.25, -0.2) is 14.1 Å². The summed E-state index contributed by atoms with van der Waals surface area (Å²) in [6.45, 7) is 2.23. The van der Waals surface area contributed by atoms with Crippen molar-refractivity contribution in [3.8, 4) is 17.1 Å². The van der Waals surface area contributed by atoms with Crippen molar-refractivity contribution >= 4 is 5.97 Å². The number of carboxylic acids is 1. The summed E-state index contributed by atoms with van der Waals surface area (Å²) in [6, 6.07) is 4.10. The highest BCUT2D eigenvalue weighted by molar-refractivity contribution is 5.67. The van der Waals surface area contributed by atoms with Crippen molar-refractivity contribution in [3.63, 3.8) is 0 Å². The van der Waals surface area contributed by atoms with Gasteiger partial charge in [-0.3, -0.25) is 4.79 Å². The van der Waals surface area contributed by atoms with E-state index in [1.165, 1.54) is 29.2 Å². The average molecular weight is 293 g/mol. The largest absolute Gasteiger partial charge is 0.493 e. The van der Waals surface area contributed by atoms with Crippen molar-refractivity contribution in [2.45, 2.75) is 26.3 Å². The fourth-order valence-electron chi connectivity index (χ4n) is 1.76. The van der Waals surface area contributed by atoms with Gasteiger partial charge in [0.25, 0.3) is 0 Å². The lowest BCUT2D eigenvalue weighted by Crippen LogP contribution is -2.09. The molecule has 0 spiro atoms. The normalized spacial score (nSPS) is 10.6. The highest BCUT2D eigenvalue weighted by Crippen LogP contribution is 2.28. The summed E-state index contributed by atoms with van der Waals surface area (Å²) in [5, 5.41) is 12.8. The minimum Gasteiger partial charge on any atom is -0.493 e. The number of hydrogen-bond donors (Lipinski definition) is 1. The lowest BCUT2D eigenvalue weighted by molar-refractivity contribution is -0.137. The first-order valence-corrected chi connectivity index (χ1v) is 6.64. The first kappa shape index (κ1) is 15.0. The summed E-state index contributed by atoms with van der Waals surface area (Å²) in [5.41, 5.74) is 0.539. The predicted octanol–water partition coefficient (Wildman–Crippen LogP) is 2.35. The van der Waals surface area contributed by atoms with E-state index in [0.717, 1.165) is 12.8 Å². The molecule has 112 valence electrons. The van der Waals surface area contributed by atoms with Gasteiger partial charge in [-0.05, 0) is 18.6 Å². The van der Waals surface area contributed by atoms with Gasteiger partial charge in [-0.15, -0.1) is 0 Å². The van der Waals surface area contributed by atoms with Gasteiger partial charge in [0.05, 0.1) is 12.2 Å². The molecule has 1 aromatic carbocycles. The Morgan fingerprint density at radius 3 is 3.00 bits per heavy atom. The molecule has 1 heterocycles. The molecule has 2 rings (SSSR count). The summed E-state index contributed by atoms with van der Waals surface area (Å²) in [6.07, 6.45) is 3.15. The molecule has 7 heteroatoms. The fourth-order valence-corrected chi connectivity index (χ4v) is 1.76. The molecule has 1 aromatic heterocycles. The molecular formula is C14H16FN3O3. The fraction of sp³-hybridized carbons (Fsp3) is 0.357. The SMILES string of the molecule is CCCCOc1cc(F)ccc1-c1ncn(CC(=O)O)n1. The van der Waals surface area contributed by atoms with E-state index in [4.69, 9.17) is 9.84 Å². The van der Waals surface area contributed by atoms with E-state index in [1.807, 2.05) is 6.92 Å². The monoisotopic (exact) mass is 293 g/mol. The second-order valence-corrected chi connectivity index (χ2v) is 4.50. The van der Waals surface area contributed by atoms with Crippen molar-refractivity contribution in [2.75, 3.05) is 6.61 Å². The number of aliphatic carboxylic acids is 1. The van der Waals surface area contributed by atoms with Crippen molar-refractivity contribution in [1.29, 1.82) is 0 Å². The number of halogens is 1. The molecule has 6 nitrogen and oxygen atoms in total. The van der Waals surface area contributed by atoms with Gasteiger partial charge in [-0.1, -0.05) is 13.3 Å². The third-order valence-corrected chi connectivity index (χ3v) is 2.77. The zero-order valence-electron chi connectivity index (χ0n) is 11.6. The molecular weight excluding hydrogens is 277 g/mol. The van der Waals surface area contributed by atoms with Crippen LogP contribution in [-0.2, 0) is 11.3 Å². The number of benzene rings is 1. The first-order chi connectivity index (χ1) is 10.1. The quantitative estimate of drug-likeness (QED) is 0.793. The molecule has 0 aliphatic rings. The zero-order chi connectivity index (χ0) is 15.2. The maximum absolute atomic E-state index is 13.3. The van der Waals surface area contributed by atoms with Crippen molar-refractivity contribution in [2.24, 2.45) is 0 Å². The van der Waals surface area contributed by atoms with Crippen LogP contribution >= 0.6 is 0 Å². The van der Waals surface area contributed by atoms with Crippen molar-refractivity contribution in [1.82, 2.24) is 14.8 Å². The van der Waals surface area contributed by atoms with Crippen LogP contribution in [0.2, 0.25) is 0 Å². The number of carbonyl (C=O) groups is 1. The summed E-state index contributed by atoms with van der Waals surface area (Å²) in [7, 11) is 0. The molecule has 0 atom stereocenters. The van der Waals surface area contributed by atoms with Gasteiger partial charge in [0, 0.05) is 6.07 Å². The van der Waals surface area contributed by atoms with Crippen LogP contribution in [-0.4, -0.2) is 32.4 Å². The molecule has 0 bridgehead atoms. The molecule has 0 radical (unpaired) electrons. The second kappa shape index (κ2) is 6.83. The standard InChI is InChI=1S/C14H16FN3O3/c1-2-3-6-21-12-7-10(15)4-5-11(12)14-16-9-18(17-14)8-13(19)20/h4-5,7,9H,2-3,6,8H2,1H3,(H,19,20). The Balaban J connectivity index is 2.25. The first-order valence-electron chi connectivity index (χ1n) is 6.64. The minimum atomic E-state index is -1.01. The lowest BCUT2D eigenvalue weighted by atomic mass is 10.2. The number of aromatic nitrogens is 3. The van der Waals surface area contributed by atoms with E-state index in [-0.39, 0.29) is 6.54 Å². The van der Waals surface area contributed by atoms with E-state index in [1.54, 1.807) is 0 Å². The Labute approximate surface area is 121 Å². The lowest BCUT2D eigenvalue weighted by Gasteiger charge is -2.09. The minimum absolute atomic E-state index is 0.278. The summed E-state index contributed by atoms with van der Waals surface area (Å²) in [5.74, 6) is -0.750. The number of rotatable bonds is 7. The Morgan fingerprint density at radius 1 is 1.48 bits per heavy atom. The highest BCUT2D eigenvalue weighted by Gasteiger charge is 2.13. The van der Waals surface area contributed by atoms with Gasteiger partial charge >= 0.3 is 5.97 Å². The number of carboxylic acid groups (broad SMARTS) is 1. The molecule has 21 heavy (non-hydrogen) atoms. The van der Waals surface area contributed by atoms with Crippen LogP contribution in [0.15, 0.2) is 24.5 Å². The van der Waals surface area contributed by atoms with Crippen LogP contribution in [0.1, 0.15) is 19.8 Å². The molecule has 1 N–H and O–H groups in total. The van der Waals surface area contributed by atoms with Gasteiger partial charge < -0.3 is 9.84 Å². The maximum Gasteiger partial charge on any atom is 0.325 e. The molecule has 0 saturated heterocycles. The molecule has 0 amide bonds. The number of nitrogens with zero attached hydrogens (tertiary/aromatic N) is 3.